The van der Waals surface area contributed by atoms with E-state index in [0.29, 0.717) is 12.2 Å². The van der Waals surface area contributed by atoms with E-state index >= 15 is 0 Å². The molecule has 0 radical (unpaired) electrons. The van der Waals surface area contributed by atoms with Crippen LogP contribution < -0.4 is 4.90 Å². The number of carbonyl (C=O) groups is 1. The lowest BCUT2D eigenvalue weighted by molar-refractivity contribution is 0.0526. The largest absolute Gasteiger partial charge is 0.462 e. The van der Waals surface area contributed by atoms with Crippen molar-refractivity contribution in [3.05, 3.63) is 42.2 Å². The summed E-state index contributed by atoms with van der Waals surface area (Å²) in [6.07, 6.45) is 5.30. The van der Waals surface area contributed by atoms with Crippen molar-refractivity contribution in [1.29, 1.82) is 0 Å². The number of ether oxygens (including phenoxy) is 1. The molecule has 19 heavy (non-hydrogen) atoms. The first-order valence-electron chi connectivity index (χ1n) is 6.70. The van der Waals surface area contributed by atoms with Crippen LogP contribution in [-0.2, 0) is 4.74 Å². The fourth-order valence-corrected chi connectivity index (χ4v) is 2.07. The Labute approximate surface area is 114 Å². The number of esters is 1. The van der Waals surface area contributed by atoms with Crippen molar-refractivity contribution < 1.29 is 9.53 Å². The number of benzene rings is 1. The average molecular weight is 260 g/mol. The summed E-state index contributed by atoms with van der Waals surface area (Å²) in [6, 6.07) is 7.52. The maximum absolute atomic E-state index is 11.6. The summed E-state index contributed by atoms with van der Waals surface area (Å²) in [5.74, 6) is -0.265. The summed E-state index contributed by atoms with van der Waals surface area (Å²) >= 11 is 0. The summed E-state index contributed by atoms with van der Waals surface area (Å²) in [4.78, 5) is 16.0. The molecule has 1 aliphatic rings. The van der Waals surface area contributed by atoms with Gasteiger partial charge in [0, 0.05) is 24.6 Å². The van der Waals surface area contributed by atoms with Crippen molar-refractivity contribution in [3.63, 3.8) is 0 Å². The van der Waals surface area contributed by atoms with Gasteiger partial charge in [0.2, 0.25) is 0 Å². The zero-order valence-corrected chi connectivity index (χ0v) is 11.5. The van der Waals surface area contributed by atoms with Crippen molar-refractivity contribution in [2.45, 2.75) is 20.3 Å². The third-order valence-electron chi connectivity index (χ3n) is 3.01. The maximum atomic E-state index is 11.6. The van der Waals surface area contributed by atoms with E-state index in [1.165, 1.54) is 0 Å². The van der Waals surface area contributed by atoms with Crippen LogP contribution in [0.4, 0.5) is 5.69 Å². The Morgan fingerprint density at radius 1 is 1.21 bits per heavy atom. The van der Waals surface area contributed by atoms with Gasteiger partial charge in [-0.2, -0.15) is 0 Å². The second-order valence-corrected chi connectivity index (χ2v) is 4.49. The minimum absolute atomic E-state index is 0.265. The fraction of sp³-hybridized carbons (Fsp3) is 0.400. The molecular formula is C15H20N2O2. The molecule has 1 aromatic carbocycles. The normalized spacial score (nSPS) is 14.0. The second-order valence-electron chi connectivity index (χ2n) is 4.49. The van der Waals surface area contributed by atoms with Crippen molar-refractivity contribution >= 4 is 11.7 Å². The third kappa shape index (κ3) is 3.28. The summed E-state index contributed by atoms with van der Waals surface area (Å²) in [7, 11) is 0. The van der Waals surface area contributed by atoms with Crippen LogP contribution in [0.5, 0.6) is 0 Å². The molecular weight excluding hydrogens is 240 g/mol. The molecule has 102 valence electrons. The lowest BCUT2D eigenvalue weighted by atomic mass is 10.2. The number of hydrogen-bond donors (Lipinski definition) is 0. The van der Waals surface area contributed by atoms with E-state index in [4.69, 9.17) is 4.74 Å². The molecule has 2 rings (SSSR count). The van der Waals surface area contributed by atoms with Crippen LogP contribution in [0.25, 0.3) is 0 Å². The molecule has 0 aromatic heterocycles. The molecule has 4 nitrogen and oxygen atoms in total. The van der Waals surface area contributed by atoms with E-state index < -0.39 is 0 Å². The molecule has 1 aliphatic heterocycles. The van der Waals surface area contributed by atoms with Gasteiger partial charge in [0.15, 0.2) is 0 Å². The third-order valence-corrected chi connectivity index (χ3v) is 3.01. The highest BCUT2D eigenvalue weighted by molar-refractivity contribution is 5.89. The predicted octanol–water partition coefficient (Wildman–Crippen LogP) is 2.82. The van der Waals surface area contributed by atoms with Gasteiger partial charge in [-0.3, -0.25) is 0 Å². The maximum Gasteiger partial charge on any atom is 0.338 e. The van der Waals surface area contributed by atoms with E-state index in [9.17, 15) is 4.79 Å². The first-order chi connectivity index (χ1) is 9.24. The van der Waals surface area contributed by atoms with Crippen molar-refractivity contribution in [3.8, 4) is 0 Å². The SMILES string of the molecule is CCCN1C=CN(c2ccc(C(=O)OCC)cc2)C1. The van der Waals surface area contributed by atoms with Gasteiger partial charge in [-0.25, -0.2) is 4.79 Å². The van der Waals surface area contributed by atoms with Gasteiger partial charge in [0.25, 0.3) is 0 Å². The van der Waals surface area contributed by atoms with Gasteiger partial charge in [-0.1, -0.05) is 6.92 Å². The Morgan fingerprint density at radius 3 is 2.58 bits per heavy atom. The van der Waals surface area contributed by atoms with E-state index in [1.807, 2.05) is 31.2 Å². The number of hydrogen-bond acceptors (Lipinski definition) is 4. The Bertz CT molecular complexity index is 454. The van der Waals surface area contributed by atoms with Crippen LogP contribution in [0.1, 0.15) is 30.6 Å². The molecule has 0 fully saturated rings. The van der Waals surface area contributed by atoms with Crippen LogP contribution in [0.3, 0.4) is 0 Å². The van der Waals surface area contributed by atoms with E-state index in [2.05, 4.69) is 29.1 Å². The zero-order valence-electron chi connectivity index (χ0n) is 11.5. The van der Waals surface area contributed by atoms with Crippen LogP contribution >= 0.6 is 0 Å². The van der Waals surface area contributed by atoms with Gasteiger partial charge in [-0.15, -0.1) is 0 Å². The number of rotatable bonds is 5. The highest BCUT2D eigenvalue weighted by Gasteiger charge is 2.13. The Balaban J connectivity index is 2.00. The summed E-state index contributed by atoms with van der Waals surface area (Å²) in [5, 5.41) is 0. The van der Waals surface area contributed by atoms with Crippen molar-refractivity contribution in [2.24, 2.45) is 0 Å². The monoisotopic (exact) mass is 260 g/mol. The highest BCUT2D eigenvalue weighted by Crippen LogP contribution is 2.20. The first-order valence-corrected chi connectivity index (χ1v) is 6.70. The number of anilines is 1. The van der Waals surface area contributed by atoms with Crippen LogP contribution in [-0.4, -0.2) is 30.7 Å². The quantitative estimate of drug-likeness (QED) is 0.762. The molecule has 0 saturated carbocycles. The lowest BCUT2D eigenvalue weighted by Gasteiger charge is -2.20. The number of carbonyl (C=O) groups excluding carboxylic acids is 1. The molecule has 0 N–H and O–H groups in total. The molecule has 0 amide bonds. The predicted molar refractivity (Wildman–Crippen MR) is 75.9 cm³/mol. The molecule has 0 unspecified atom stereocenters. The van der Waals surface area contributed by atoms with Gasteiger partial charge < -0.3 is 14.5 Å². The molecule has 4 heteroatoms. The fourth-order valence-electron chi connectivity index (χ4n) is 2.07. The zero-order chi connectivity index (χ0) is 13.7. The van der Waals surface area contributed by atoms with Gasteiger partial charge in [0.05, 0.1) is 18.8 Å². The van der Waals surface area contributed by atoms with Gasteiger partial charge in [0.1, 0.15) is 0 Å². The molecule has 0 bridgehead atoms. The molecule has 0 spiro atoms. The van der Waals surface area contributed by atoms with Crippen LogP contribution in [0.2, 0.25) is 0 Å². The minimum Gasteiger partial charge on any atom is -0.462 e. The second kappa shape index (κ2) is 6.27. The molecule has 0 atom stereocenters. The summed E-state index contributed by atoms with van der Waals surface area (Å²) in [5.41, 5.74) is 1.68. The lowest BCUT2D eigenvalue weighted by Crippen LogP contribution is -2.25. The number of nitrogens with zero attached hydrogens (tertiary/aromatic N) is 2. The average Bonchev–Trinajstić information content (AvgIpc) is 2.88. The topological polar surface area (TPSA) is 32.8 Å². The molecule has 0 saturated heterocycles. The Morgan fingerprint density at radius 2 is 1.95 bits per heavy atom. The van der Waals surface area contributed by atoms with Crippen molar-refractivity contribution in [1.82, 2.24) is 4.90 Å². The Kier molecular flexibility index (Phi) is 4.44. The van der Waals surface area contributed by atoms with E-state index in [1.54, 1.807) is 0 Å². The van der Waals surface area contributed by atoms with Crippen molar-refractivity contribution in [2.75, 3.05) is 24.7 Å². The van der Waals surface area contributed by atoms with Crippen LogP contribution in [0, 0.1) is 0 Å². The van der Waals surface area contributed by atoms with Gasteiger partial charge in [-0.05, 0) is 37.6 Å². The molecule has 1 heterocycles. The van der Waals surface area contributed by atoms with E-state index in [0.717, 1.165) is 25.3 Å². The first kappa shape index (κ1) is 13.5. The van der Waals surface area contributed by atoms with Crippen LogP contribution in [0.15, 0.2) is 36.7 Å². The standard InChI is InChI=1S/C15H20N2O2/c1-3-9-16-10-11-17(12-16)14-7-5-13(6-8-14)15(18)19-4-2/h5-8,10-11H,3-4,9,12H2,1-2H3. The van der Waals surface area contributed by atoms with E-state index in [-0.39, 0.29) is 5.97 Å². The Hall–Kier alpha value is -1.97. The minimum atomic E-state index is -0.265. The molecule has 1 aromatic rings. The smallest absolute Gasteiger partial charge is 0.338 e. The highest BCUT2D eigenvalue weighted by atomic mass is 16.5. The molecule has 0 aliphatic carbocycles. The van der Waals surface area contributed by atoms with Gasteiger partial charge >= 0.3 is 5.97 Å². The summed E-state index contributed by atoms with van der Waals surface area (Å²) in [6.45, 7) is 6.32. The summed E-state index contributed by atoms with van der Waals surface area (Å²) < 4.78 is 4.97.